The molecule has 0 spiro atoms. The second-order valence-corrected chi connectivity index (χ2v) is 8.05. The molecule has 0 atom stereocenters. The lowest BCUT2D eigenvalue weighted by Gasteiger charge is -2.32. The lowest BCUT2D eigenvalue weighted by atomic mass is 9.98. The Morgan fingerprint density at radius 2 is 2.00 bits per heavy atom. The number of rotatable bonds is 5. The Labute approximate surface area is 131 Å². The van der Waals surface area contributed by atoms with Crippen LogP contribution in [0, 0.1) is 12.8 Å². The highest BCUT2D eigenvalue weighted by Gasteiger charge is 2.32. The minimum atomic E-state index is -3.47. The number of hydrogen-bond acceptors (Lipinski definition) is 4. The van der Waals surface area contributed by atoms with Crippen molar-refractivity contribution in [3.05, 3.63) is 17.6 Å². The van der Waals surface area contributed by atoms with E-state index in [1.54, 1.807) is 17.3 Å². The fourth-order valence-corrected chi connectivity index (χ4v) is 4.62. The number of piperidine rings is 1. The van der Waals surface area contributed by atoms with Gasteiger partial charge in [-0.3, -0.25) is 0 Å². The van der Waals surface area contributed by atoms with Crippen LogP contribution in [-0.4, -0.2) is 51.4 Å². The quantitative estimate of drug-likeness (QED) is 0.775. The standard InChI is InChI=1S/C14H23ClN2O3S/c1-11-14(8-13(9-15)20-11)21(18,19)17-6-4-12(5-7-17)10-16(2)3/h8,12H,4-7,9-10H2,1-3H3. The predicted octanol–water partition coefficient (Wildman–Crippen LogP) is 2.29. The molecule has 0 amide bonds. The summed E-state index contributed by atoms with van der Waals surface area (Å²) in [7, 11) is 0.628. The van der Waals surface area contributed by atoms with Crippen molar-refractivity contribution in [3.8, 4) is 0 Å². The minimum Gasteiger partial charge on any atom is -0.464 e. The van der Waals surface area contributed by atoms with E-state index in [0.29, 0.717) is 30.5 Å². The maximum atomic E-state index is 12.7. The molecule has 2 rings (SSSR count). The second kappa shape index (κ2) is 6.69. The lowest BCUT2D eigenvalue weighted by Crippen LogP contribution is -2.40. The zero-order valence-corrected chi connectivity index (χ0v) is 14.4. The van der Waals surface area contributed by atoms with Gasteiger partial charge in [0, 0.05) is 25.7 Å². The molecule has 2 heterocycles. The van der Waals surface area contributed by atoms with Crippen molar-refractivity contribution in [2.24, 2.45) is 5.92 Å². The monoisotopic (exact) mass is 334 g/mol. The predicted molar refractivity (Wildman–Crippen MR) is 83.0 cm³/mol. The average Bonchev–Trinajstić information content (AvgIpc) is 2.81. The van der Waals surface area contributed by atoms with E-state index in [-0.39, 0.29) is 10.8 Å². The molecule has 5 nitrogen and oxygen atoms in total. The van der Waals surface area contributed by atoms with Gasteiger partial charge in [-0.05, 0) is 39.8 Å². The molecule has 120 valence electrons. The molecule has 1 aliphatic rings. The molecule has 1 aliphatic heterocycles. The van der Waals surface area contributed by atoms with E-state index >= 15 is 0 Å². The summed E-state index contributed by atoms with van der Waals surface area (Å²) in [5.41, 5.74) is 0. The first-order valence-corrected chi connectivity index (χ1v) is 9.12. The van der Waals surface area contributed by atoms with Crippen LogP contribution in [0.3, 0.4) is 0 Å². The molecule has 0 N–H and O–H groups in total. The Bertz CT molecular complexity index is 575. The van der Waals surface area contributed by atoms with Gasteiger partial charge in [0.05, 0.1) is 5.88 Å². The highest BCUT2D eigenvalue weighted by Crippen LogP contribution is 2.28. The van der Waals surface area contributed by atoms with Crippen LogP contribution < -0.4 is 0 Å². The second-order valence-electron chi connectivity index (χ2n) is 5.88. The molecule has 1 aromatic rings. The van der Waals surface area contributed by atoms with Crippen LogP contribution in [0.1, 0.15) is 24.4 Å². The Morgan fingerprint density at radius 3 is 2.48 bits per heavy atom. The fourth-order valence-electron chi connectivity index (χ4n) is 2.83. The summed E-state index contributed by atoms with van der Waals surface area (Å²) >= 11 is 5.71. The number of nitrogens with zero attached hydrogens (tertiary/aromatic N) is 2. The van der Waals surface area contributed by atoms with Gasteiger partial charge in [0.15, 0.2) is 0 Å². The zero-order valence-electron chi connectivity index (χ0n) is 12.8. The van der Waals surface area contributed by atoms with Crippen molar-refractivity contribution in [1.29, 1.82) is 0 Å². The molecule has 0 unspecified atom stereocenters. The van der Waals surface area contributed by atoms with Crippen molar-refractivity contribution >= 4 is 21.6 Å². The van der Waals surface area contributed by atoms with Crippen LogP contribution in [0.15, 0.2) is 15.4 Å². The van der Waals surface area contributed by atoms with Gasteiger partial charge in [-0.2, -0.15) is 4.31 Å². The number of furan rings is 1. The van der Waals surface area contributed by atoms with Crippen LogP contribution in [0.4, 0.5) is 0 Å². The van der Waals surface area contributed by atoms with E-state index in [0.717, 1.165) is 19.4 Å². The van der Waals surface area contributed by atoms with Gasteiger partial charge in [-0.15, -0.1) is 11.6 Å². The Balaban J connectivity index is 2.09. The maximum absolute atomic E-state index is 12.7. The third kappa shape index (κ3) is 3.80. The molecule has 0 bridgehead atoms. The maximum Gasteiger partial charge on any atom is 0.246 e. The number of halogens is 1. The smallest absolute Gasteiger partial charge is 0.246 e. The summed E-state index contributed by atoms with van der Waals surface area (Å²) in [6, 6.07) is 1.55. The van der Waals surface area contributed by atoms with E-state index in [4.69, 9.17) is 16.0 Å². The number of alkyl halides is 1. The molecular weight excluding hydrogens is 312 g/mol. The van der Waals surface area contributed by atoms with Gasteiger partial charge < -0.3 is 9.32 Å². The Hall–Kier alpha value is -0.560. The zero-order chi connectivity index (χ0) is 15.6. The normalized spacial score (nSPS) is 18.5. The molecule has 0 aromatic carbocycles. The minimum absolute atomic E-state index is 0.182. The van der Waals surface area contributed by atoms with Gasteiger partial charge in [-0.25, -0.2) is 8.42 Å². The Morgan fingerprint density at radius 1 is 1.38 bits per heavy atom. The third-order valence-electron chi connectivity index (χ3n) is 3.87. The van der Waals surface area contributed by atoms with Crippen LogP contribution in [-0.2, 0) is 15.9 Å². The molecule has 0 radical (unpaired) electrons. The molecule has 1 fully saturated rings. The van der Waals surface area contributed by atoms with Gasteiger partial charge in [-0.1, -0.05) is 0 Å². The van der Waals surface area contributed by atoms with Gasteiger partial charge in [0.25, 0.3) is 0 Å². The summed E-state index contributed by atoms with van der Waals surface area (Å²) in [6.07, 6.45) is 1.80. The lowest BCUT2D eigenvalue weighted by molar-refractivity contribution is 0.225. The van der Waals surface area contributed by atoms with Gasteiger partial charge >= 0.3 is 0 Å². The Kier molecular flexibility index (Phi) is 5.35. The summed E-state index contributed by atoms with van der Waals surface area (Å²) in [4.78, 5) is 2.41. The molecule has 7 heteroatoms. The van der Waals surface area contributed by atoms with Crippen LogP contribution in [0.5, 0.6) is 0 Å². The molecule has 0 saturated carbocycles. The van der Waals surface area contributed by atoms with Gasteiger partial charge in [0.2, 0.25) is 10.0 Å². The molecular formula is C14H23ClN2O3S. The van der Waals surface area contributed by atoms with Crippen LogP contribution in [0.2, 0.25) is 0 Å². The fraction of sp³-hybridized carbons (Fsp3) is 0.714. The summed E-state index contributed by atoms with van der Waals surface area (Å²) in [5, 5.41) is 0. The van der Waals surface area contributed by atoms with Crippen molar-refractivity contribution < 1.29 is 12.8 Å². The van der Waals surface area contributed by atoms with Gasteiger partial charge in [0.1, 0.15) is 16.4 Å². The number of aryl methyl sites for hydroxylation is 1. The van der Waals surface area contributed by atoms with Crippen molar-refractivity contribution in [2.75, 3.05) is 33.7 Å². The summed E-state index contributed by atoms with van der Waals surface area (Å²) in [6.45, 7) is 3.82. The molecule has 1 saturated heterocycles. The summed E-state index contributed by atoms with van der Waals surface area (Å²) < 4.78 is 32.3. The van der Waals surface area contributed by atoms with E-state index in [1.807, 2.05) is 14.1 Å². The molecule has 1 aromatic heterocycles. The summed E-state index contributed by atoms with van der Waals surface area (Å²) in [5.74, 6) is 1.66. The SMILES string of the molecule is Cc1oc(CCl)cc1S(=O)(=O)N1CCC(CN(C)C)CC1. The van der Waals surface area contributed by atoms with E-state index < -0.39 is 10.0 Å². The first-order valence-electron chi connectivity index (χ1n) is 7.14. The van der Waals surface area contributed by atoms with Crippen molar-refractivity contribution in [2.45, 2.75) is 30.5 Å². The molecule has 21 heavy (non-hydrogen) atoms. The largest absolute Gasteiger partial charge is 0.464 e. The first-order chi connectivity index (χ1) is 9.84. The van der Waals surface area contributed by atoms with Crippen LogP contribution >= 0.6 is 11.6 Å². The average molecular weight is 335 g/mol. The third-order valence-corrected chi connectivity index (χ3v) is 6.14. The highest BCUT2D eigenvalue weighted by atomic mass is 35.5. The number of hydrogen-bond donors (Lipinski definition) is 0. The first kappa shape index (κ1) is 16.8. The highest BCUT2D eigenvalue weighted by molar-refractivity contribution is 7.89. The van der Waals surface area contributed by atoms with Crippen LogP contribution in [0.25, 0.3) is 0 Å². The number of sulfonamides is 1. The van der Waals surface area contributed by atoms with Crippen molar-refractivity contribution in [3.63, 3.8) is 0 Å². The van der Waals surface area contributed by atoms with E-state index in [2.05, 4.69) is 4.90 Å². The van der Waals surface area contributed by atoms with E-state index in [1.165, 1.54) is 0 Å². The topological polar surface area (TPSA) is 53.8 Å². The van der Waals surface area contributed by atoms with E-state index in [9.17, 15) is 8.42 Å². The van der Waals surface area contributed by atoms with Crippen molar-refractivity contribution in [1.82, 2.24) is 9.21 Å². The molecule has 0 aliphatic carbocycles.